The van der Waals surface area contributed by atoms with Gasteiger partial charge in [-0.15, -0.1) is 11.8 Å². The molecule has 0 radical (unpaired) electrons. The molecule has 0 saturated carbocycles. The summed E-state index contributed by atoms with van der Waals surface area (Å²) in [6, 6.07) is 19.8. The monoisotopic (exact) mass is 401 g/mol. The summed E-state index contributed by atoms with van der Waals surface area (Å²) in [4.78, 5) is 0. The van der Waals surface area contributed by atoms with Gasteiger partial charge in [0, 0.05) is 5.56 Å². The van der Waals surface area contributed by atoms with Gasteiger partial charge in [-0.2, -0.15) is 0 Å². The number of rotatable bonds is 6. The Kier molecular flexibility index (Phi) is 6.67. The van der Waals surface area contributed by atoms with Gasteiger partial charge >= 0.3 is 0 Å². The standard InChI is InChI=1S/C22H27NO4S/c1-2-28-22-18(23)20(24-13-15-9-5-3-6-10-15)19-17(26-22)14-25-21(27-19)16-11-7-4-8-12-16/h3-12,17-22H,2,13-14,23H2,1H3. The zero-order chi connectivity index (χ0) is 19.3. The Morgan fingerprint density at radius 2 is 1.75 bits per heavy atom. The van der Waals surface area contributed by atoms with Crippen LogP contribution < -0.4 is 5.73 Å². The van der Waals surface area contributed by atoms with Gasteiger partial charge in [-0.3, -0.25) is 0 Å². The van der Waals surface area contributed by atoms with Gasteiger partial charge in [-0.1, -0.05) is 67.6 Å². The first kappa shape index (κ1) is 19.9. The van der Waals surface area contributed by atoms with Gasteiger partial charge in [-0.05, 0) is 11.3 Å². The minimum atomic E-state index is -0.434. The van der Waals surface area contributed by atoms with E-state index < -0.39 is 6.29 Å². The smallest absolute Gasteiger partial charge is 0.184 e. The van der Waals surface area contributed by atoms with Crippen molar-refractivity contribution in [3.05, 3.63) is 71.8 Å². The first-order chi connectivity index (χ1) is 13.8. The Morgan fingerprint density at radius 1 is 1.04 bits per heavy atom. The Hall–Kier alpha value is -1.41. The predicted octanol–water partition coefficient (Wildman–Crippen LogP) is 3.49. The van der Waals surface area contributed by atoms with E-state index in [2.05, 4.69) is 19.1 Å². The molecule has 0 aromatic heterocycles. The molecule has 6 atom stereocenters. The normalized spacial score (nSPS) is 32.6. The second-order valence-electron chi connectivity index (χ2n) is 7.01. The summed E-state index contributed by atoms with van der Waals surface area (Å²) < 4.78 is 24.8. The number of benzene rings is 2. The molecule has 4 rings (SSSR count). The molecule has 2 aromatic rings. The largest absolute Gasteiger partial charge is 0.369 e. The number of hydrogen-bond donors (Lipinski definition) is 1. The molecule has 0 amide bonds. The van der Waals surface area contributed by atoms with Crippen molar-refractivity contribution < 1.29 is 18.9 Å². The number of nitrogens with two attached hydrogens (primary N) is 1. The van der Waals surface area contributed by atoms with E-state index >= 15 is 0 Å². The van der Waals surface area contributed by atoms with Crippen LogP contribution in [0.15, 0.2) is 60.7 Å². The Labute approximate surface area is 170 Å². The van der Waals surface area contributed by atoms with Gasteiger partial charge in [0.1, 0.15) is 23.7 Å². The van der Waals surface area contributed by atoms with E-state index in [1.54, 1.807) is 11.8 Å². The minimum absolute atomic E-state index is 0.132. The van der Waals surface area contributed by atoms with E-state index in [1.807, 2.05) is 48.5 Å². The van der Waals surface area contributed by atoms with Crippen LogP contribution in [0.25, 0.3) is 0 Å². The molecule has 150 valence electrons. The van der Waals surface area contributed by atoms with Crippen molar-refractivity contribution in [1.29, 1.82) is 0 Å². The molecule has 2 aromatic carbocycles. The number of fused-ring (bicyclic) bond motifs is 1. The summed E-state index contributed by atoms with van der Waals surface area (Å²) in [5.74, 6) is 0.926. The summed E-state index contributed by atoms with van der Waals surface area (Å²) in [5, 5.41) is 0. The molecule has 0 spiro atoms. The molecule has 5 nitrogen and oxygen atoms in total. The van der Waals surface area contributed by atoms with E-state index in [1.165, 1.54) is 0 Å². The maximum absolute atomic E-state index is 6.57. The maximum atomic E-state index is 6.57. The zero-order valence-corrected chi connectivity index (χ0v) is 16.8. The summed E-state index contributed by atoms with van der Waals surface area (Å²) >= 11 is 1.70. The predicted molar refractivity (Wildman–Crippen MR) is 110 cm³/mol. The fraction of sp³-hybridized carbons (Fsp3) is 0.455. The lowest BCUT2D eigenvalue weighted by Crippen LogP contribution is -2.64. The first-order valence-corrected chi connectivity index (χ1v) is 10.8. The average molecular weight is 402 g/mol. The van der Waals surface area contributed by atoms with Gasteiger partial charge in [0.2, 0.25) is 0 Å². The van der Waals surface area contributed by atoms with Crippen molar-refractivity contribution in [1.82, 2.24) is 0 Å². The van der Waals surface area contributed by atoms with E-state index in [0.717, 1.165) is 16.9 Å². The van der Waals surface area contributed by atoms with E-state index in [0.29, 0.717) is 13.2 Å². The molecular weight excluding hydrogens is 374 g/mol. The summed E-state index contributed by atoms with van der Waals surface area (Å²) in [7, 11) is 0. The Morgan fingerprint density at radius 3 is 2.46 bits per heavy atom. The van der Waals surface area contributed by atoms with Crippen molar-refractivity contribution in [3.8, 4) is 0 Å². The molecule has 2 saturated heterocycles. The molecule has 2 aliphatic rings. The van der Waals surface area contributed by atoms with Gasteiger partial charge in [-0.25, -0.2) is 0 Å². The molecule has 2 heterocycles. The fourth-order valence-electron chi connectivity index (χ4n) is 3.66. The second-order valence-corrected chi connectivity index (χ2v) is 8.39. The van der Waals surface area contributed by atoms with Crippen LogP contribution in [-0.2, 0) is 25.6 Å². The van der Waals surface area contributed by atoms with Gasteiger partial charge in [0.15, 0.2) is 6.29 Å². The molecule has 2 fully saturated rings. The van der Waals surface area contributed by atoms with Crippen LogP contribution in [0.5, 0.6) is 0 Å². The van der Waals surface area contributed by atoms with Crippen molar-refractivity contribution in [2.24, 2.45) is 5.73 Å². The van der Waals surface area contributed by atoms with Crippen LogP contribution in [0.2, 0.25) is 0 Å². The van der Waals surface area contributed by atoms with Crippen LogP contribution in [0.4, 0.5) is 0 Å². The molecule has 2 aliphatic heterocycles. The topological polar surface area (TPSA) is 62.9 Å². The highest BCUT2D eigenvalue weighted by Crippen LogP contribution is 2.37. The van der Waals surface area contributed by atoms with Gasteiger partial charge < -0.3 is 24.7 Å². The molecule has 28 heavy (non-hydrogen) atoms. The van der Waals surface area contributed by atoms with Crippen molar-refractivity contribution in [2.75, 3.05) is 12.4 Å². The number of thioether (sulfide) groups is 1. The molecule has 6 unspecified atom stereocenters. The van der Waals surface area contributed by atoms with E-state index in [4.69, 9.17) is 24.7 Å². The van der Waals surface area contributed by atoms with Crippen molar-refractivity contribution in [2.45, 2.75) is 49.6 Å². The lowest BCUT2D eigenvalue weighted by atomic mass is 9.97. The number of hydrogen-bond acceptors (Lipinski definition) is 6. The molecule has 2 N–H and O–H groups in total. The summed E-state index contributed by atoms with van der Waals surface area (Å²) in [5.41, 5.74) is 8.54. The Balaban J connectivity index is 1.52. The molecule has 6 heteroatoms. The van der Waals surface area contributed by atoms with Crippen LogP contribution >= 0.6 is 11.8 Å². The number of ether oxygens (including phenoxy) is 4. The third-order valence-corrected chi connectivity index (χ3v) is 6.16. The third-order valence-electron chi connectivity index (χ3n) is 5.07. The van der Waals surface area contributed by atoms with Crippen LogP contribution in [0.3, 0.4) is 0 Å². The second kappa shape index (κ2) is 9.39. The molecular formula is C22H27NO4S. The summed E-state index contributed by atoms with van der Waals surface area (Å²) in [6.07, 6.45) is -1.16. The highest BCUT2D eigenvalue weighted by Gasteiger charge is 2.49. The quantitative estimate of drug-likeness (QED) is 0.799. The highest BCUT2D eigenvalue weighted by molar-refractivity contribution is 7.99. The SMILES string of the molecule is CCSC1OC2COC(c3ccccc3)OC2C(OCc2ccccc2)C1N. The summed E-state index contributed by atoms with van der Waals surface area (Å²) in [6.45, 7) is 3.06. The lowest BCUT2D eigenvalue weighted by Gasteiger charge is -2.48. The zero-order valence-electron chi connectivity index (χ0n) is 16.0. The van der Waals surface area contributed by atoms with Crippen LogP contribution in [0.1, 0.15) is 24.3 Å². The van der Waals surface area contributed by atoms with E-state index in [-0.39, 0.29) is 29.8 Å². The van der Waals surface area contributed by atoms with Gasteiger partial charge in [0.25, 0.3) is 0 Å². The maximum Gasteiger partial charge on any atom is 0.184 e. The van der Waals surface area contributed by atoms with Crippen molar-refractivity contribution in [3.63, 3.8) is 0 Å². The lowest BCUT2D eigenvalue weighted by molar-refractivity contribution is -0.311. The third kappa shape index (κ3) is 4.43. The first-order valence-electron chi connectivity index (χ1n) is 9.76. The minimum Gasteiger partial charge on any atom is -0.369 e. The average Bonchev–Trinajstić information content (AvgIpc) is 2.75. The fourth-order valence-corrected chi connectivity index (χ4v) is 4.59. The molecule has 0 bridgehead atoms. The van der Waals surface area contributed by atoms with Crippen LogP contribution in [0, 0.1) is 0 Å². The molecule has 0 aliphatic carbocycles. The van der Waals surface area contributed by atoms with Crippen LogP contribution in [-0.4, -0.2) is 42.1 Å². The van der Waals surface area contributed by atoms with E-state index in [9.17, 15) is 0 Å². The van der Waals surface area contributed by atoms with Crippen molar-refractivity contribution >= 4 is 11.8 Å². The Bertz CT molecular complexity index is 732. The van der Waals surface area contributed by atoms with Gasteiger partial charge in [0.05, 0.1) is 19.3 Å². The highest BCUT2D eigenvalue weighted by atomic mass is 32.2.